The van der Waals surface area contributed by atoms with Gasteiger partial charge >= 0.3 is 0 Å². The van der Waals surface area contributed by atoms with Gasteiger partial charge in [-0.25, -0.2) is 9.67 Å². The highest BCUT2D eigenvalue weighted by Gasteiger charge is 2.28. The summed E-state index contributed by atoms with van der Waals surface area (Å²) >= 11 is 0. The van der Waals surface area contributed by atoms with Crippen molar-refractivity contribution in [3.63, 3.8) is 0 Å². The highest BCUT2D eigenvalue weighted by molar-refractivity contribution is 6.05. The fourth-order valence-electron chi connectivity index (χ4n) is 3.25. The largest absolute Gasteiger partial charge is 0.348 e. The second kappa shape index (κ2) is 6.90. The van der Waals surface area contributed by atoms with Gasteiger partial charge in [-0.15, -0.1) is 0 Å². The number of pyridine rings is 1. The molecule has 0 bridgehead atoms. The molecular formula is C19H24N6O. The van der Waals surface area contributed by atoms with Gasteiger partial charge in [-0.3, -0.25) is 9.48 Å². The Bertz CT molecular complexity index is 910. The molecule has 0 spiro atoms. The van der Waals surface area contributed by atoms with Crippen molar-refractivity contribution in [1.82, 2.24) is 29.9 Å². The number of rotatable bonds is 7. The van der Waals surface area contributed by atoms with E-state index in [0.717, 1.165) is 42.5 Å². The van der Waals surface area contributed by atoms with Gasteiger partial charge in [-0.05, 0) is 38.3 Å². The van der Waals surface area contributed by atoms with Gasteiger partial charge in [0.2, 0.25) is 0 Å². The van der Waals surface area contributed by atoms with Gasteiger partial charge in [-0.2, -0.15) is 10.2 Å². The predicted molar refractivity (Wildman–Crippen MR) is 98.9 cm³/mol. The number of nitrogens with one attached hydrogen (secondary N) is 1. The second-order valence-corrected chi connectivity index (χ2v) is 7.08. The number of aryl methyl sites for hydroxylation is 1. The van der Waals surface area contributed by atoms with Crippen molar-refractivity contribution in [3.8, 4) is 0 Å². The SMILES string of the molecule is CCCn1ncc2c(C(=O)N[C@H](C)Cn3cccn3)cc(C3CC3)nc21. The summed E-state index contributed by atoms with van der Waals surface area (Å²) in [5.74, 6) is 0.410. The lowest BCUT2D eigenvalue weighted by Gasteiger charge is -2.15. The van der Waals surface area contributed by atoms with E-state index < -0.39 is 0 Å². The molecule has 0 saturated heterocycles. The number of aromatic nitrogens is 5. The monoisotopic (exact) mass is 352 g/mol. The van der Waals surface area contributed by atoms with Crippen molar-refractivity contribution < 1.29 is 4.79 Å². The van der Waals surface area contributed by atoms with Crippen LogP contribution in [0.3, 0.4) is 0 Å². The lowest BCUT2D eigenvalue weighted by Crippen LogP contribution is -2.36. The van der Waals surface area contributed by atoms with Crippen LogP contribution in [0.4, 0.5) is 0 Å². The summed E-state index contributed by atoms with van der Waals surface area (Å²) in [7, 11) is 0. The predicted octanol–water partition coefficient (Wildman–Crippen LogP) is 2.73. The molecule has 4 rings (SSSR count). The van der Waals surface area contributed by atoms with Crippen molar-refractivity contribution in [2.45, 2.75) is 58.2 Å². The third kappa shape index (κ3) is 3.34. The molecule has 1 atom stereocenters. The van der Waals surface area contributed by atoms with E-state index in [4.69, 9.17) is 4.98 Å². The molecule has 7 nitrogen and oxygen atoms in total. The van der Waals surface area contributed by atoms with E-state index in [1.807, 2.05) is 34.6 Å². The number of hydrogen-bond acceptors (Lipinski definition) is 4. The van der Waals surface area contributed by atoms with Crippen LogP contribution in [0.25, 0.3) is 11.0 Å². The maximum Gasteiger partial charge on any atom is 0.252 e. The highest BCUT2D eigenvalue weighted by Crippen LogP contribution is 2.40. The molecule has 0 aromatic carbocycles. The summed E-state index contributed by atoms with van der Waals surface area (Å²) in [6.07, 6.45) is 8.68. The van der Waals surface area contributed by atoms with Crippen LogP contribution in [0.2, 0.25) is 0 Å². The Labute approximate surface area is 152 Å². The normalized spacial score (nSPS) is 15.3. The van der Waals surface area contributed by atoms with Crippen LogP contribution in [0.5, 0.6) is 0 Å². The molecule has 3 aromatic heterocycles. The van der Waals surface area contributed by atoms with Gasteiger partial charge < -0.3 is 5.32 Å². The molecule has 0 aliphatic heterocycles. The molecule has 26 heavy (non-hydrogen) atoms. The Kier molecular flexibility index (Phi) is 4.44. The topological polar surface area (TPSA) is 77.6 Å². The van der Waals surface area contributed by atoms with Crippen LogP contribution >= 0.6 is 0 Å². The van der Waals surface area contributed by atoms with Crippen molar-refractivity contribution in [2.24, 2.45) is 0 Å². The Morgan fingerprint density at radius 1 is 1.38 bits per heavy atom. The number of fused-ring (bicyclic) bond motifs is 1. The Morgan fingerprint density at radius 3 is 2.92 bits per heavy atom. The quantitative estimate of drug-likeness (QED) is 0.709. The molecule has 1 aliphatic rings. The average molecular weight is 352 g/mol. The Morgan fingerprint density at radius 2 is 2.23 bits per heavy atom. The molecule has 0 unspecified atom stereocenters. The molecular weight excluding hydrogens is 328 g/mol. The average Bonchev–Trinajstić information content (AvgIpc) is 3.21. The van der Waals surface area contributed by atoms with Gasteiger partial charge in [0.25, 0.3) is 5.91 Å². The molecule has 1 fully saturated rings. The molecule has 1 aliphatic carbocycles. The van der Waals surface area contributed by atoms with Crippen LogP contribution in [0.15, 0.2) is 30.7 Å². The summed E-state index contributed by atoms with van der Waals surface area (Å²) in [4.78, 5) is 17.8. The summed E-state index contributed by atoms with van der Waals surface area (Å²) in [6, 6.07) is 3.81. The number of carbonyl (C=O) groups excluding carboxylic acids is 1. The van der Waals surface area contributed by atoms with Crippen molar-refractivity contribution >= 4 is 16.9 Å². The summed E-state index contributed by atoms with van der Waals surface area (Å²) in [5, 5.41) is 12.6. The van der Waals surface area contributed by atoms with Crippen LogP contribution < -0.4 is 5.32 Å². The zero-order valence-electron chi connectivity index (χ0n) is 15.2. The van der Waals surface area contributed by atoms with Gasteiger partial charge in [0.15, 0.2) is 5.65 Å². The fourth-order valence-corrected chi connectivity index (χ4v) is 3.25. The zero-order valence-corrected chi connectivity index (χ0v) is 15.2. The number of hydrogen-bond donors (Lipinski definition) is 1. The minimum absolute atomic E-state index is 0.0272. The van der Waals surface area contributed by atoms with Crippen LogP contribution in [0, 0.1) is 0 Å². The third-order valence-corrected chi connectivity index (χ3v) is 4.70. The minimum Gasteiger partial charge on any atom is -0.348 e. The number of carbonyl (C=O) groups is 1. The second-order valence-electron chi connectivity index (χ2n) is 7.08. The molecule has 1 amide bonds. The molecule has 136 valence electrons. The van der Waals surface area contributed by atoms with Gasteiger partial charge in [-0.1, -0.05) is 6.92 Å². The Hall–Kier alpha value is -2.70. The highest BCUT2D eigenvalue weighted by atomic mass is 16.1. The standard InChI is InChI=1S/C19H24N6O/c1-3-8-25-18-16(11-21-25)15(10-17(23-18)14-5-6-14)19(26)22-13(2)12-24-9-4-7-20-24/h4,7,9-11,13-14H,3,5-6,8,12H2,1-2H3,(H,22,26)/t13-/m1/s1. The first-order chi connectivity index (χ1) is 12.7. The van der Waals surface area contributed by atoms with E-state index in [-0.39, 0.29) is 11.9 Å². The zero-order chi connectivity index (χ0) is 18.1. The van der Waals surface area contributed by atoms with Crippen molar-refractivity contribution in [3.05, 3.63) is 42.0 Å². The maximum absolute atomic E-state index is 13.0. The van der Waals surface area contributed by atoms with E-state index in [1.54, 1.807) is 12.4 Å². The van der Waals surface area contributed by atoms with E-state index >= 15 is 0 Å². The first kappa shape index (κ1) is 16.8. The lowest BCUT2D eigenvalue weighted by atomic mass is 10.1. The lowest BCUT2D eigenvalue weighted by molar-refractivity contribution is 0.0937. The van der Waals surface area contributed by atoms with E-state index in [0.29, 0.717) is 18.0 Å². The Balaban J connectivity index is 1.62. The van der Waals surface area contributed by atoms with Crippen LogP contribution in [-0.4, -0.2) is 36.5 Å². The van der Waals surface area contributed by atoms with Crippen molar-refractivity contribution in [2.75, 3.05) is 0 Å². The van der Waals surface area contributed by atoms with Crippen LogP contribution in [-0.2, 0) is 13.1 Å². The first-order valence-corrected chi connectivity index (χ1v) is 9.30. The van der Waals surface area contributed by atoms with Gasteiger partial charge in [0, 0.05) is 36.6 Å². The van der Waals surface area contributed by atoms with Crippen molar-refractivity contribution in [1.29, 1.82) is 0 Å². The molecule has 1 saturated carbocycles. The molecule has 3 heterocycles. The summed E-state index contributed by atoms with van der Waals surface area (Å²) < 4.78 is 3.73. The van der Waals surface area contributed by atoms with E-state index in [9.17, 15) is 4.79 Å². The fraction of sp³-hybridized carbons (Fsp3) is 0.474. The third-order valence-electron chi connectivity index (χ3n) is 4.70. The smallest absolute Gasteiger partial charge is 0.252 e. The molecule has 0 radical (unpaired) electrons. The summed E-state index contributed by atoms with van der Waals surface area (Å²) in [5.41, 5.74) is 2.51. The van der Waals surface area contributed by atoms with Crippen LogP contribution in [0.1, 0.15) is 55.1 Å². The molecule has 1 N–H and O–H groups in total. The van der Waals surface area contributed by atoms with Gasteiger partial charge in [0.05, 0.1) is 23.7 Å². The molecule has 7 heteroatoms. The number of nitrogens with zero attached hydrogens (tertiary/aromatic N) is 5. The maximum atomic E-state index is 13.0. The number of amides is 1. The summed E-state index contributed by atoms with van der Waals surface area (Å²) in [6.45, 7) is 5.54. The minimum atomic E-state index is -0.0741. The van der Waals surface area contributed by atoms with E-state index in [1.165, 1.54) is 0 Å². The first-order valence-electron chi connectivity index (χ1n) is 9.30. The van der Waals surface area contributed by atoms with Gasteiger partial charge in [0.1, 0.15) is 0 Å². The molecule has 3 aromatic rings. The van der Waals surface area contributed by atoms with E-state index in [2.05, 4.69) is 22.4 Å².